The van der Waals surface area contributed by atoms with Gasteiger partial charge in [-0.3, -0.25) is 14.9 Å². The molecule has 102 valence electrons. The van der Waals surface area contributed by atoms with Crippen LogP contribution in [0.25, 0.3) is 0 Å². The van der Waals surface area contributed by atoms with Gasteiger partial charge in [-0.25, -0.2) is 0 Å². The minimum absolute atomic E-state index is 0. The van der Waals surface area contributed by atoms with Crippen LogP contribution in [0, 0.1) is 17.0 Å². The smallest absolute Gasteiger partial charge is 0.283 e. The van der Waals surface area contributed by atoms with Crippen LogP contribution >= 0.6 is 23.7 Å². The van der Waals surface area contributed by atoms with E-state index in [1.807, 2.05) is 0 Å². The number of nitrogens with two attached hydrogens (primary N) is 1. The number of amides is 1. The van der Waals surface area contributed by atoms with Gasteiger partial charge in [-0.2, -0.15) is 0 Å². The number of thiophene rings is 1. The van der Waals surface area contributed by atoms with Gasteiger partial charge in [0.05, 0.1) is 14.7 Å². The Hall–Kier alpha value is -1.18. The van der Waals surface area contributed by atoms with Gasteiger partial charge in [0.15, 0.2) is 0 Å². The summed E-state index contributed by atoms with van der Waals surface area (Å²) in [6.07, 6.45) is 0. The Morgan fingerprint density at radius 2 is 2.17 bits per heavy atom. The zero-order valence-electron chi connectivity index (χ0n) is 10.4. The molecule has 0 bridgehead atoms. The Kier molecular flexibility index (Phi) is 5.72. The van der Waals surface area contributed by atoms with E-state index in [0.717, 1.165) is 11.3 Å². The number of nitrogens with zero attached hydrogens (tertiary/aromatic N) is 1. The highest BCUT2D eigenvalue weighted by Crippen LogP contribution is 2.28. The van der Waals surface area contributed by atoms with Crippen molar-refractivity contribution in [3.63, 3.8) is 0 Å². The molecule has 1 rings (SSSR count). The van der Waals surface area contributed by atoms with Crippen molar-refractivity contribution in [1.29, 1.82) is 0 Å². The normalized spacial score (nSPS) is 10.7. The summed E-state index contributed by atoms with van der Waals surface area (Å²) in [5.74, 6) is -0.332. The second-order valence-corrected chi connectivity index (χ2v) is 5.61. The lowest BCUT2D eigenvalue weighted by Crippen LogP contribution is -2.48. The van der Waals surface area contributed by atoms with Gasteiger partial charge in [0.25, 0.3) is 11.6 Å². The van der Waals surface area contributed by atoms with Gasteiger partial charge < -0.3 is 11.1 Å². The van der Waals surface area contributed by atoms with Crippen LogP contribution in [0.1, 0.15) is 28.4 Å². The second-order valence-electron chi connectivity index (χ2n) is 4.35. The van der Waals surface area contributed by atoms with E-state index in [2.05, 4.69) is 5.32 Å². The number of carbonyl (C=O) groups is 1. The van der Waals surface area contributed by atoms with Crippen molar-refractivity contribution in [2.45, 2.75) is 26.3 Å². The summed E-state index contributed by atoms with van der Waals surface area (Å²) in [5.41, 5.74) is 4.95. The third kappa shape index (κ3) is 3.94. The predicted molar refractivity (Wildman–Crippen MR) is 73.6 cm³/mol. The zero-order valence-corrected chi connectivity index (χ0v) is 12.0. The van der Waals surface area contributed by atoms with E-state index in [4.69, 9.17) is 5.73 Å². The molecule has 0 saturated carbocycles. The van der Waals surface area contributed by atoms with Gasteiger partial charge in [-0.15, -0.1) is 23.7 Å². The minimum Gasteiger partial charge on any atom is -0.345 e. The van der Waals surface area contributed by atoms with Gasteiger partial charge in [0, 0.05) is 18.2 Å². The van der Waals surface area contributed by atoms with Crippen LogP contribution in [0.4, 0.5) is 5.69 Å². The Morgan fingerprint density at radius 1 is 1.61 bits per heavy atom. The van der Waals surface area contributed by atoms with Gasteiger partial charge in [-0.1, -0.05) is 0 Å². The predicted octanol–water partition coefficient (Wildman–Crippen LogP) is 1.85. The number of aryl methyl sites for hydroxylation is 1. The molecule has 0 aliphatic rings. The molecule has 0 unspecified atom stereocenters. The molecule has 0 aliphatic carbocycles. The quantitative estimate of drug-likeness (QED) is 0.654. The fourth-order valence-electron chi connectivity index (χ4n) is 1.19. The molecule has 0 saturated heterocycles. The molecule has 0 aliphatic heterocycles. The Bertz CT molecular complexity index is 459. The fourth-order valence-corrected chi connectivity index (χ4v) is 2.07. The second kappa shape index (κ2) is 6.12. The monoisotopic (exact) mass is 293 g/mol. The molecule has 0 aromatic carbocycles. The van der Waals surface area contributed by atoms with E-state index in [-0.39, 0.29) is 24.0 Å². The average Bonchev–Trinajstić information content (AvgIpc) is 2.60. The van der Waals surface area contributed by atoms with Gasteiger partial charge in [-0.05, 0) is 20.8 Å². The standard InChI is InChI=1S/C10H15N3O3S.ClH/c1-6-7(13(15)16)4-8(17-6)9(14)12-10(2,3)5-11;/h4H,5,11H2,1-3H3,(H,12,14);1H. The van der Waals surface area contributed by atoms with Crippen LogP contribution in [0.3, 0.4) is 0 Å². The average molecular weight is 294 g/mol. The zero-order chi connectivity index (χ0) is 13.2. The first-order valence-electron chi connectivity index (χ1n) is 5.04. The van der Waals surface area contributed by atoms with Gasteiger partial charge >= 0.3 is 0 Å². The summed E-state index contributed by atoms with van der Waals surface area (Å²) < 4.78 is 0. The maximum absolute atomic E-state index is 11.8. The SMILES string of the molecule is Cc1sc(C(=O)NC(C)(C)CN)cc1[N+](=O)[O-].Cl. The molecule has 0 atom stereocenters. The summed E-state index contributed by atoms with van der Waals surface area (Å²) in [6.45, 7) is 5.50. The van der Waals surface area contributed by atoms with E-state index < -0.39 is 10.5 Å². The molecule has 0 fully saturated rings. The summed E-state index contributed by atoms with van der Waals surface area (Å²) in [4.78, 5) is 22.8. The van der Waals surface area contributed by atoms with Crippen molar-refractivity contribution in [3.05, 3.63) is 25.9 Å². The molecule has 1 aromatic heterocycles. The van der Waals surface area contributed by atoms with Crippen LogP contribution in [0.5, 0.6) is 0 Å². The van der Waals surface area contributed by atoms with Gasteiger partial charge in [0.1, 0.15) is 0 Å². The van der Waals surface area contributed by atoms with Crippen molar-refractivity contribution >= 4 is 35.3 Å². The van der Waals surface area contributed by atoms with Crippen LogP contribution in [0.2, 0.25) is 0 Å². The maximum Gasteiger partial charge on any atom is 0.283 e. The third-order valence-corrected chi connectivity index (χ3v) is 3.31. The van der Waals surface area contributed by atoms with Crippen molar-refractivity contribution < 1.29 is 9.72 Å². The molecular weight excluding hydrogens is 278 g/mol. The molecule has 8 heteroatoms. The number of carbonyl (C=O) groups excluding carboxylic acids is 1. The molecule has 1 amide bonds. The summed E-state index contributed by atoms with van der Waals surface area (Å²) in [6, 6.07) is 1.29. The Morgan fingerprint density at radius 3 is 2.56 bits per heavy atom. The van der Waals surface area contributed by atoms with E-state index in [0.29, 0.717) is 16.3 Å². The number of nitrogens with one attached hydrogen (secondary N) is 1. The highest BCUT2D eigenvalue weighted by atomic mass is 35.5. The molecule has 6 nitrogen and oxygen atoms in total. The lowest BCUT2D eigenvalue weighted by atomic mass is 10.1. The molecule has 3 N–H and O–H groups in total. The third-order valence-electron chi connectivity index (χ3n) is 2.27. The van der Waals surface area contributed by atoms with Crippen LogP contribution < -0.4 is 11.1 Å². The van der Waals surface area contributed by atoms with Crippen molar-refractivity contribution in [1.82, 2.24) is 5.32 Å². The number of hydrogen-bond donors (Lipinski definition) is 2. The van der Waals surface area contributed by atoms with Crippen molar-refractivity contribution in [2.24, 2.45) is 5.73 Å². The molecule has 0 radical (unpaired) electrons. The fraction of sp³-hybridized carbons (Fsp3) is 0.500. The van der Waals surface area contributed by atoms with Gasteiger partial charge in [0.2, 0.25) is 0 Å². The molecule has 1 heterocycles. The van der Waals surface area contributed by atoms with E-state index >= 15 is 0 Å². The van der Waals surface area contributed by atoms with Crippen molar-refractivity contribution in [3.8, 4) is 0 Å². The number of rotatable bonds is 4. The van der Waals surface area contributed by atoms with E-state index in [9.17, 15) is 14.9 Å². The number of nitro groups is 1. The molecule has 1 aromatic rings. The highest BCUT2D eigenvalue weighted by molar-refractivity contribution is 7.14. The molecular formula is C10H16ClN3O3S. The van der Waals surface area contributed by atoms with E-state index in [1.54, 1.807) is 20.8 Å². The minimum atomic E-state index is -0.524. The van der Waals surface area contributed by atoms with Crippen LogP contribution in [0.15, 0.2) is 6.07 Å². The number of hydrogen-bond acceptors (Lipinski definition) is 5. The maximum atomic E-state index is 11.8. The van der Waals surface area contributed by atoms with E-state index in [1.165, 1.54) is 6.07 Å². The largest absolute Gasteiger partial charge is 0.345 e. The lowest BCUT2D eigenvalue weighted by molar-refractivity contribution is -0.385. The van der Waals surface area contributed by atoms with Crippen LogP contribution in [-0.2, 0) is 0 Å². The lowest BCUT2D eigenvalue weighted by Gasteiger charge is -2.23. The summed E-state index contributed by atoms with van der Waals surface area (Å²) in [7, 11) is 0. The first-order chi connectivity index (χ1) is 7.76. The first kappa shape index (κ1) is 16.8. The number of halogens is 1. The molecule has 18 heavy (non-hydrogen) atoms. The summed E-state index contributed by atoms with van der Waals surface area (Å²) in [5, 5.41) is 13.4. The highest BCUT2D eigenvalue weighted by Gasteiger charge is 2.23. The Balaban J connectivity index is 0.00000289. The molecule has 0 spiro atoms. The first-order valence-corrected chi connectivity index (χ1v) is 5.86. The van der Waals surface area contributed by atoms with Crippen molar-refractivity contribution in [2.75, 3.05) is 6.54 Å². The Labute approximate surface area is 115 Å². The topological polar surface area (TPSA) is 98.3 Å². The van der Waals surface area contributed by atoms with Crippen LogP contribution in [-0.4, -0.2) is 22.9 Å². The summed E-state index contributed by atoms with van der Waals surface area (Å²) >= 11 is 1.11.